The number of carbonyl (C=O) groups is 1. The number of carbonyl (C=O) groups excluding carboxylic acids is 1. The molecule has 0 saturated carbocycles. The van der Waals surface area contributed by atoms with Crippen LogP contribution >= 0.6 is 12.2 Å². The number of methoxy groups -OCH3 is 2. The normalized spacial score (nSPS) is 9.73. The monoisotopic (exact) mass is 318 g/mol. The zero-order chi connectivity index (χ0) is 15.9. The van der Waals surface area contributed by atoms with Crippen LogP contribution in [-0.2, 0) is 4.79 Å². The number of hydrogen-bond acceptors (Lipinski definition) is 6. The molecule has 7 nitrogen and oxygen atoms in total. The average Bonchev–Trinajstić information content (AvgIpc) is 2.55. The van der Waals surface area contributed by atoms with Gasteiger partial charge in [0, 0.05) is 5.69 Å². The van der Waals surface area contributed by atoms with E-state index in [1.54, 1.807) is 12.1 Å². The number of benzene rings is 1. The van der Waals surface area contributed by atoms with Gasteiger partial charge in [0.1, 0.15) is 0 Å². The molecule has 0 aliphatic rings. The predicted octanol–water partition coefficient (Wildman–Crippen LogP) is 1.87. The van der Waals surface area contributed by atoms with Gasteiger partial charge in [-0.2, -0.15) is 9.97 Å². The molecule has 0 fully saturated rings. The first-order valence-corrected chi connectivity index (χ1v) is 6.67. The lowest BCUT2D eigenvalue weighted by Gasteiger charge is -2.09. The van der Waals surface area contributed by atoms with Crippen LogP contribution in [0.15, 0.2) is 36.4 Å². The summed E-state index contributed by atoms with van der Waals surface area (Å²) in [5.74, 6) is 0.0424. The highest BCUT2D eigenvalue weighted by atomic mass is 32.1. The Morgan fingerprint density at radius 2 is 1.64 bits per heavy atom. The zero-order valence-electron chi connectivity index (χ0n) is 12.0. The molecule has 114 valence electrons. The van der Waals surface area contributed by atoms with Crippen LogP contribution in [-0.4, -0.2) is 35.1 Å². The summed E-state index contributed by atoms with van der Waals surface area (Å²) >= 11 is 5.04. The summed E-state index contributed by atoms with van der Waals surface area (Å²) in [6, 6.07) is 10.6. The minimum absolute atomic E-state index is 0.00316. The number of para-hydroxylation sites is 1. The Morgan fingerprint density at radius 1 is 1.05 bits per heavy atom. The zero-order valence-corrected chi connectivity index (χ0v) is 12.8. The summed E-state index contributed by atoms with van der Waals surface area (Å²) < 4.78 is 10.0. The molecule has 1 aromatic heterocycles. The summed E-state index contributed by atoms with van der Waals surface area (Å²) in [5, 5.41) is 5.31. The lowest BCUT2D eigenvalue weighted by atomic mass is 10.3. The van der Waals surface area contributed by atoms with Crippen molar-refractivity contribution in [3.63, 3.8) is 0 Å². The first-order valence-electron chi connectivity index (χ1n) is 6.27. The fourth-order valence-electron chi connectivity index (χ4n) is 1.54. The molecule has 8 heteroatoms. The molecule has 1 amide bonds. The van der Waals surface area contributed by atoms with Crippen LogP contribution in [0.3, 0.4) is 0 Å². The van der Waals surface area contributed by atoms with Crippen molar-refractivity contribution in [2.45, 2.75) is 0 Å². The van der Waals surface area contributed by atoms with Crippen LogP contribution < -0.4 is 20.1 Å². The van der Waals surface area contributed by atoms with E-state index < -0.39 is 5.91 Å². The Balaban J connectivity index is 2.06. The van der Waals surface area contributed by atoms with Crippen molar-refractivity contribution < 1.29 is 14.3 Å². The van der Waals surface area contributed by atoms with E-state index in [0.29, 0.717) is 5.69 Å². The highest BCUT2D eigenvalue weighted by Crippen LogP contribution is 2.17. The highest BCUT2D eigenvalue weighted by Gasteiger charge is 2.13. The topological polar surface area (TPSA) is 85.4 Å². The van der Waals surface area contributed by atoms with Gasteiger partial charge in [0.15, 0.2) is 4.99 Å². The number of aromatic nitrogens is 2. The van der Waals surface area contributed by atoms with E-state index in [2.05, 4.69) is 20.6 Å². The van der Waals surface area contributed by atoms with Crippen LogP contribution in [0.2, 0.25) is 0 Å². The molecule has 2 aromatic rings. The maximum Gasteiger partial charge on any atom is 0.285 e. The Kier molecular flexibility index (Phi) is 5.21. The molecule has 0 bridgehead atoms. The summed E-state index contributed by atoms with van der Waals surface area (Å²) in [7, 11) is 2.91. The Labute approximate surface area is 132 Å². The van der Waals surface area contributed by atoms with E-state index in [4.69, 9.17) is 21.7 Å². The minimum atomic E-state index is -0.533. The van der Waals surface area contributed by atoms with E-state index in [1.165, 1.54) is 20.3 Å². The van der Waals surface area contributed by atoms with E-state index in [9.17, 15) is 4.79 Å². The number of amides is 1. The van der Waals surface area contributed by atoms with Crippen LogP contribution in [0.5, 0.6) is 11.8 Å². The molecule has 0 spiro atoms. The number of nitrogens with zero attached hydrogens (tertiary/aromatic N) is 2. The summed E-state index contributed by atoms with van der Waals surface area (Å²) in [6.45, 7) is 0. The first-order chi connectivity index (χ1) is 10.6. The number of anilines is 2. The van der Waals surface area contributed by atoms with Gasteiger partial charge in [-0.05, 0) is 12.1 Å². The molecular weight excluding hydrogens is 304 g/mol. The Bertz CT molecular complexity index is 657. The maximum absolute atomic E-state index is 12.0. The van der Waals surface area contributed by atoms with Crippen LogP contribution in [0.1, 0.15) is 0 Å². The lowest BCUT2D eigenvalue weighted by molar-refractivity contribution is -0.110. The lowest BCUT2D eigenvalue weighted by Crippen LogP contribution is -2.28. The molecule has 0 aliphatic heterocycles. The molecular formula is C14H14N4O3S. The quantitative estimate of drug-likeness (QED) is 0.832. The number of hydrogen-bond donors (Lipinski definition) is 2. The standard InChI is InChI=1S/C14H14N4O3S/c1-20-10-8-11(21-2)17-14(16-10)18-12(19)13(22)15-9-6-4-3-5-7-9/h3-8H,1-2H3,(H,15,22)(H,16,17,18,19). The van der Waals surface area contributed by atoms with Gasteiger partial charge < -0.3 is 14.8 Å². The smallest absolute Gasteiger partial charge is 0.285 e. The SMILES string of the molecule is COc1cc(OC)nc(NC(=O)C(=S)Nc2ccccc2)n1. The molecule has 1 heterocycles. The van der Waals surface area contributed by atoms with Crippen molar-refractivity contribution in [3.05, 3.63) is 36.4 Å². The molecule has 0 unspecified atom stereocenters. The van der Waals surface area contributed by atoms with E-state index >= 15 is 0 Å². The third-order valence-electron chi connectivity index (χ3n) is 2.56. The highest BCUT2D eigenvalue weighted by molar-refractivity contribution is 7.82. The molecule has 0 aliphatic carbocycles. The predicted molar refractivity (Wildman–Crippen MR) is 86.4 cm³/mol. The van der Waals surface area contributed by atoms with Gasteiger partial charge in [0.2, 0.25) is 17.7 Å². The molecule has 0 atom stereocenters. The van der Waals surface area contributed by atoms with Gasteiger partial charge >= 0.3 is 0 Å². The number of thiocarbonyl (C=S) groups is 1. The summed E-state index contributed by atoms with van der Waals surface area (Å²) in [6.07, 6.45) is 0. The molecule has 2 rings (SSSR count). The van der Waals surface area contributed by atoms with Crippen molar-refractivity contribution in [1.82, 2.24) is 9.97 Å². The Hall–Kier alpha value is -2.74. The second kappa shape index (κ2) is 7.32. The second-order valence-corrected chi connectivity index (χ2v) is 4.46. The molecule has 22 heavy (non-hydrogen) atoms. The minimum Gasteiger partial charge on any atom is -0.481 e. The van der Waals surface area contributed by atoms with E-state index in [1.807, 2.05) is 18.2 Å². The number of ether oxygens (including phenoxy) is 2. The largest absolute Gasteiger partial charge is 0.481 e. The van der Waals surface area contributed by atoms with Crippen molar-refractivity contribution in [2.75, 3.05) is 24.9 Å². The molecule has 0 radical (unpaired) electrons. The van der Waals surface area contributed by atoms with Gasteiger partial charge in [-0.15, -0.1) is 0 Å². The second-order valence-electron chi connectivity index (χ2n) is 4.05. The molecule has 1 aromatic carbocycles. The average molecular weight is 318 g/mol. The first kappa shape index (κ1) is 15.6. The fraction of sp³-hybridized carbons (Fsp3) is 0.143. The third kappa shape index (κ3) is 4.13. The summed E-state index contributed by atoms with van der Waals surface area (Å²) in [4.78, 5) is 20.0. The van der Waals surface area contributed by atoms with Gasteiger partial charge in [-0.3, -0.25) is 10.1 Å². The molecule has 0 saturated heterocycles. The number of nitrogens with one attached hydrogen (secondary N) is 2. The van der Waals surface area contributed by atoms with Gasteiger partial charge in [-0.25, -0.2) is 0 Å². The van der Waals surface area contributed by atoms with Crippen LogP contribution in [0.4, 0.5) is 11.6 Å². The number of rotatable bonds is 4. The summed E-state index contributed by atoms with van der Waals surface area (Å²) in [5.41, 5.74) is 0.715. The Morgan fingerprint density at radius 3 is 2.18 bits per heavy atom. The van der Waals surface area contributed by atoms with Crippen molar-refractivity contribution >= 4 is 34.7 Å². The van der Waals surface area contributed by atoms with Gasteiger partial charge in [0.05, 0.1) is 20.3 Å². The van der Waals surface area contributed by atoms with E-state index in [0.717, 1.165) is 0 Å². The molecule has 2 N–H and O–H groups in total. The third-order valence-corrected chi connectivity index (χ3v) is 2.85. The van der Waals surface area contributed by atoms with Gasteiger partial charge in [0.25, 0.3) is 5.91 Å². The van der Waals surface area contributed by atoms with Crippen molar-refractivity contribution in [3.8, 4) is 11.8 Å². The van der Waals surface area contributed by atoms with Crippen LogP contribution in [0, 0.1) is 0 Å². The van der Waals surface area contributed by atoms with Crippen molar-refractivity contribution in [1.29, 1.82) is 0 Å². The fourth-order valence-corrected chi connectivity index (χ4v) is 1.71. The van der Waals surface area contributed by atoms with E-state index in [-0.39, 0.29) is 22.7 Å². The van der Waals surface area contributed by atoms with Crippen LogP contribution in [0.25, 0.3) is 0 Å². The van der Waals surface area contributed by atoms with Gasteiger partial charge in [-0.1, -0.05) is 30.4 Å². The van der Waals surface area contributed by atoms with Crippen molar-refractivity contribution in [2.24, 2.45) is 0 Å². The maximum atomic E-state index is 12.0.